The summed E-state index contributed by atoms with van der Waals surface area (Å²) in [6, 6.07) is 0. The molecule has 3 N–H and O–H groups in total. The Morgan fingerprint density at radius 2 is 2.47 bits per heavy atom. The number of rotatable bonds is 6. The van der Waals surface area contributed by atoms with Crippen molar-refractivity contribution in [2.24, 2.45) is 5.73 Å². The zero-order chi connectivity index (χ0) is 12.3. The third kappa shape index (κ3) is 3.04. The maximum Gasteiger partial charge on any atom is 0.193 e. The molecule has 0 fully saturated rings. The molecule has 0 bridgehead atoms. The molecule has 0 radical (unpaired) electrons. The van der Waals surface area contributed by atoms with E-state index in [0.717, 1.165) is 30.3 Å². The topological polar surface area (TPSA) is 70.4 Å². The van der Waals surface area contributed by atoms with Gasteiger partial charge in [0.05, 0.1) is 11.5 Å². The number of thiazole rings is 1. The predicted octanol–water partition coefficient (Wildman–Crippen LogP) is 1.54. The average Bonchev–Trinajstić information content (AvgIpc) is 2.83. The molecule has 0 amide bonds. The van der Waals surface area contributed by atoms with Crippen LogP contribution in [0, 0.1) is 5.41 Å². The van der Waals surface area contributed by atoms with Crippen molar-refractivity contribution in [3.8, 4) is 0 Å². The van der Waals surface area contributed by atoms with Crippen LogP contribution in [0.2, 0.25) is 0 Å². The van der Waals surface area contributed by atoms with Crippen molar-refractivity contribution >= 4 is 22.1 Å². The fourth-order valence-corrected chi connectivity index (χ4v) is 2.43. The van der Waals surface area contributed by atoms with Crippen LogP contribution in [-0.2, 0) is 6.54 Å². The highest BCUT2D eigenvalue weighted by molar-refractivity contribution is 7.15. The largest absolute Gasteiger partial charge is 0.388 e. The van der Waals surface area contributed by atoms with E-state index in [2.05, 4.69) is 23.0 Å². The van der Waals surface area contributed by atoms with Gasteiger partial charge in [0.2, 0.25) is 0 Å². The maximum absolute atomic E-state index is 7.24. The Kier molecular flexibility index (Phi) is 3.75. The number of fused-ring (bicyclic) bond motifs is 1. The highest BCUT2D eigenvalue weighted by Crippen LogP contribution is 2.12. The van der Waals surface area contributed by atoms with E-state index in [0.29, 0.717) is 6.42 Å². The number of aromatic nitrogens is 2. The Morgan fingerprint density at radius 3 is 3.12 bits per heavy atom. The average molecular weight is 251 g/mol. The van der Waals surface area contributed by atoms with Crippen LogP contribution in [0.4, 0.5) is 0 Å². The molecule has 2 rings (SSSR count). The summed E-state index contributed by atoms with van der Waals surface area (Å²) in [5, 5.41) is 9.27. The normalized spacial score (nSPS) is 11.4. The van der Waals surface area contributed by atoms with E-state index in [1.165, 1.54) is 0 Å². The first-order valence-corrected chi connectivity index (χ1v) is 6.53. The van der Waals surface area contributed by atoms with E-state index in [1.807, 2.05) is 16.0 Å². The number of nitrogens with two attached hydrogens (primary N) is 1. The SMILES string of the molecule is CCN(CCC(=N)N)Cc1cn2ccsc2n1. The Morgan fingerprint density at radius 1 is 1.65 bits per heavy atom. The first-order valence-electron chi connectivity index (χ1n) is 5.65. The molecule has 2 aromatic rings. The second kappa shape index (κ2) is 5.29. The van der Waals surface area contributed by atoms with Gasteiger partial charge in [-0.15, -0.1) is 11.3 Å². The maximum atomic E-state index is 7.24. The van der Waals surface area contributed by atoms with Crippen molar-refractivity contribution in [3.05, 3.63) is 23.5 Å². The Hall–Kier alpha value is -1.40. The summed E-state index contributed by atoms with van der Waals surface area (Å²) in [5.74, 6) is 0.245. The van der Waals surface area contributed by atoms with Crippen LogP contribution >= 0.6 is 11.3 Å². The number of imidazole rings is 1. The molecule has 17 heavy (non-hydrogen) atoms. The highest BCUT2D eigenvalue weighted by Gasteiger charge is 2.08. The van der Waals surface area contributed by atoms with E-state index < -0.39 is 0 Å². The lowest BCUT2D eigenvalue weighted by Crippen LogP contribution is -2.27. The molecule has 0 aliphatic rings. The molecule has 0 aliphatic heterocycles. The monoisotopic (exact) mass is 251 g/mol. The molecule has 6 heteroatoms. The summed E-state index contributed by atoms with van der Waals surface area (Å²) in [7, 11) is 0. The van der Waals surface area contributed by atoms with E-state index in [9.17, 15) is 0 Å². The minimum atomic E-state index is 0.245. The van der Waals surface area contributed by atoms with Gasteiger partial charge in [0.15, 0.2) is 4.96 Å². The van der Waals surface area contributed by atoms with Crippen LogP contribution in [0.1, 0.15) is 19.0 Å². The first kappa shape index (κ1) is 12.1. The van der Waals surface area contributed by atoms with Gasteiger partial charge >= 0.3 is 0 Å². The van der Waals surface area contributed by atoms with E-state index in [1.54, 1.807) is 11.3 Å². The smallest absolute Gasteiger partial charge is 0.193 e. The quantitative estimate of drug-likeness (QED) is 0.604. The molecule has 92 valence electrons. The van der Waals surface area contributed by atoms with Gasteiger partial charge in [0.25, 0.3) is 0 Å². The van der Waals surface area contributed by atoms with Crippen LogP contribution in [0.3, 0.4) is 0 Å². The van der Waals surface area contributed by atoms with E-state index in [4.69, 9.17) is 11.1 Å². The molecule has 0 atom stereocenters. The summed E-state index contributed by atoms with van der Waals surface area (Å²) >= 11 is 1.64. The number of hydrogen-bond acceptors (Lipinski definition) is 4. The van der Waals surface area contributed by atoms with E-state index >= 15 is 0 Å². The Labute approximate surface area is 104 Å². The van der Waals surface area contributed by atoms with Gasteiger partial charge in [-0.25, -0.2) is 4.98 Å². The predicted molar refractivity (Wildman–Crippen MR) is 70.6 cm³/mol. The molecule has 0 unspecified atom stereocenters. The lowest BCUT2D eigenvalue weighted by atomic mass is 10.3. The summed E-state index contributed by atoms with van der Waals surface area (Å²) in [6.07, 6.45) is 4.70. The fraction of sp³-hybridized carbons (Fsp3) is 0.455. The van der Waals surface area contributed by atoms with Crippen molar-refractivity contribution in [2.45, 2.75) is 19.9 Å². The number of amidine groups is 1. The van der Waals surface area contributed by atoms with Crippen molar-refractivity contribution in [1.82, 2.24) is 14.3 Å². The molecule has 2 heterocycles. The lowest BCUT2D eigenvalue weighted by Gasteiger charge is -2.18. The molecule has 0 spiro atoms. The number of hydrogen-bond donors (Lipinski definition) is 2. The molecule has 0 aromatic carbocycles. The summed E-state index contributed by atoms with van der Waals surface area (Å²) in [5.41, 5.74) is 6.44. The van der Waals surface area contributed by atoms with Gasteiger partial charge in [-0.3, -0.25) is 14.7 Å². The minimum Gasteiger partial charge on any atom is -0.388 e. The van der Waals surface area contributed by atoms with Crippen LogP contribution < -0.4 is 5.73 Å². The Bertz CT molecular complexity index is 472. The van der Waals surface area contributed by atoms with Gasteiger partial charge in [0.1, 0.15) is 0 Å². The van der Waals surface area contributed by atoms with Gasteiger partial charge in [-0.2, -0.15) is 0 Å². The van der Waals surface area contributed by atoms with Gasteiger partial charge < -0.3 is 5.73 Å². The second-order valence-electron chi connectivity index (χ2n) is 3.97. The molecule has 0 saturated heterocycles. The zero-order valence-corrected chi connectivity index (χ0v) is 10.7. The zero-order valence-electron chi connectivity index (χ0n) is 9.89. The second-order valence-corrected chi connectivity index (χ2v) is 4.84. The van der Waals surface area contributed by atoms with Crippen molar-refractivity contribution in [1.29, 1.82) is 5.41 Å². The first-order chi connectivity index (χ1) is 8.19. The summed E-state index contributed by atoms with van der Waals surface area (Å²) in [6.45, 7) is 4.69. The Balaban J connectivity index is 1.98. The standard InChI is InChI=1S/C11H17N5S/c1-2-15(4-3-10(12)13)7-9-8-16-5-6-17-11(16)14-9/h5-6,8H,2-4,7H2,1H3,(H3,12,13). The van der Waals surface area contributed by atoms with Crippen molar-refractivity contribution in [3.63, 3.8) is 0 Å². The van der Waals surface area contributed by atoms with E-state index in [-0.39, 0.29) is 5.84 Å². The van der Waals surface area contributed by atoms with Gasteiger partial charge in [0, 0.05) is 37.3 Å². The fourth-order valence-electron chi connectivity index (χ4n) is 1.71. The third-order valence-corrected chi connectivity index (χ3v) is 3.44. The molecular weight excluding hydrogens is 234 g/mol. The lowest BCUT2D eigenvalue weighted by molar-refractivity contribution is 0.285. The van der Waals surface area contributed by atoms with Crippen molar-refractivity contribution in [2.75, 3.05) is 13.1 Å². The third-order valence-electron chi connectivity index (χ3n) is 2.67. The van der Waals surface area contributed by atoms with Crippen LogP contribution in [-0.4, -0.2) is 33.2 Å². The molecule has 0 saturated carbocycles. The van der Waals surface area contributed by atoms with Gasteiger partial charge in [-0.1, -0.05) is 6.92 Å². The van der Waals surface area contributed by atoms with Crippen LogP contribution in [0.25, 0.3) is 4.96 Å². The molecule has 5 nitrogen and oxygen atoms in total. The number of nitrogens with one attached hydrogen (secondary N) is 1. The molecule has 2 aromatic heterocycles. The summed E-state index contributed by atoms with van der Waals surface area (Å²) < 4.78 is 2.04. The molecule has 0 aliphatic carbocycles. The highest BCUT2D eigenvalue weighted by atomic mass is 32.1. The van der Waals surface area contributed by atoms with Crippen molar-refractivity contribution < 1.29 is 0 Å². The molecular formula is C11H17N5S. The van der Waals surface area contributed by atoms with Crippen LogP contribution in [0.5, 0.6) is 0 Å². The summed E-state index contributed by atoms with van der Waals surface area (Å²) in [4.78, 5) is 7.82. The minimum absolute atomic E-state index is 0.245. The van der Waals surface area contributed by atoms with Gasteiger partial charge in [-0.05, 0) is 6.54 Å². The van der Waals surface area contributed by atoms with Crippen LogP contribution in [0.15, 0.2) is 17.8 Å². The number of nitrogens with zero attached hydrogens (tertiary/aromatic N) is 3.